The molecule has 1 aromatic heterocycles. The van der Waals surface area contributed by atoms with Crippen LogP contribution in [0, 0.1) is 0 Å². The summed E-state index contributed by atoms with van der Waals surface area (Å²) in [5, 5.41) is 7.41. The van der Waals surface area contributed by atoms with E-state index in [2.05, 4.69) is 24.3 Å². The van der Waals surface area contributed by atoms with Gasteiger partial charge in [0, 0.05) is 12.5 Å². The Bertz CT molecular complexity index is 318. The Balaban J connectivity index is 2.96. The van der Waals surface area contributed by atoms with Gasteiger partial charge in [-0.25, -0.2) is 0 Å². The highest BCUT2D eigenvalue weighted by Gasteiger charge is 2.27. The fourth-order valence-electron chi connectivity index (χ4n) is 1.89. The summed E-state index contributed by atoms with van der Waals surface area (Å²) in [7, 11) is 5.62. The van der Waals surface area contributed by atoms with Crippen LogP contribution in [-0.2, 0) is 12.5 Å². The predicted octanol–water partition coefficient (Wildman–Crippen LogP) is 1.32. The Labute approximate surface area is 91.6 Å². The standard InChI is InChI=1S/C11H21N3O/c1-11(2,6-7-12-3)10-9(15-5)8-13-14(10)4/h8,12H,6-7H2,1-5H3. The lowest BCUT2D eigenvalue weighted by Gasteiger charge is -2.25. The van der Waals surface area contributed by atoms with Gasteiger partial charge in [0.25, 0.3) is 0 Å². The van der Waals surface area contributed by atoms with Crippen LogP contribution >= 0.6 is 0 Å². The van der Waals surface area contributed by atoms with Gasteiger partial charge < -0.3 is 10.1 Å². The number of aryl methyl sites for hydroxylation is 1. The molecule has 0 radical (unpaired) electrons. The molecule has 1 aromatic rings. The van der Waals surface area contributed by atoms with E-state index >= 15 is 0 Å². The van der Waals surface area contributed by atoms with Crippen molar-refractivity contribution in [1.29, 1.82) is 0 Å². The van der Waals surface area contributed by atoms with Crippen LogP contribution in [0.2, 0.25) is 0 Å². The summed E-state index contributed by atoms with van der Waals surface area (Å²) in [5.41, 5.74) is 1.22. The number of nitrogens with one attached hydrogen (secondary N) is 1. The number of methoxy groups -OCH3 is 1. The highest BCUT2D eigenvalue weighted by atomic mass is 16.5. The second-order valence-corrected chi connectivity index (χ2v) is 4.42. The molecule has 0 bridgehead atoms. The van der Waals surface area contributed by atoms with Crippen molar-refractivity contribution in [1.82, 2.24) is 15.1 Å². The molecule has 0 amide bonds. The molecule has 0 aliphatic carbocycles. The molecule has 0 spiro atoms. The Morgan fingerprint density at radius 3 is 2.73 bits per heavy atom. The van der Waals surface area contributed by atoms with Crippen LogP contribution in [0.15, 0.2) is 6.20 Å². The Morgan fingerprint density at radius 2 is 2.20 bits per heavy atom. The molecule has 0 saturated carbocycles. The SMILES string of the molecule is CNCCC(C)(C)c1c(OC)cnn1C. The molecule has 86 valence electrons. The van der Waals surface area contributed by atoms with E-state index in [1.54, 1.807) is 13.3 Å². The summed E-state index contributed by atoms with van der Waals surface area (Å²) < 4.78 is 7.23. The number of ether oxygens (including phenoxy) is 1. The van der Waals surface area contributed by atoms with Crippen LogP contribution < -0.4 is 10.1 Å². The summed E-state index contributed by atoms with van der Waals surface area (Å²) in [6, 6.07) is 0. The number of aromatic nitrogens is 2. The molecule has 4 nitrogen and oxygen atoms in total. The minimum Gasteiger partial charge on any atom is -0.493 e. The molecule has 0 saturated heterocycles. The normalized spacial score (nSPS) is 11.8. The minimum atomic E-state index is 0.0691. The molecule has 1 N–H and O–H groups in total. The second-order valence-electron chi connectivity index (χ2n) is 4.42. The Morgan fingerprint density at radius 1 is 1.53 bits per heavy atom. The van der Waals surface area contributed by atoms with Gasteiger partial charge in [0.15, 0.2) is 5.75 Å². The zero-order valence-corrected chi connectivity index (χ0v) is 10.3. The lowest BCUT2D eigenvalue weighted by molar-refractivity contribution is 0.372. The molecular weight excluding hydrogens is 190 g/mol. The van der Waals surface area contributed by atoms with Crippen molar-refractivity contribution in [3.05, 3.63) is 11.9 Å². The van der Waals surface area contributed by atoms with Crippen LogP contribution in [0.1, 0.15) is 26.0 Å². The molecule has 0 aliphatic rings. The van der Waals surface area contributed by atoms with Gasteiger partial charge in [-0.15, -0.1) is 0 Å². The maximum absolute atomic E-state index is 5.33. The first-order valence-electron chi connectivity index (χ1n) is 5.24. The topological polar surface area (TPSA) is 39.1 Å². The molecule has 0 fully saturated rings. The van der Waals surface area contributed by atoms with Crippen molar-refractivity contribution < 1.29 is 4.74 Å². The van der Waals surface area contributed by atoms with Gasteiger partial charge in [-0.2, -0.15) is 5.10 Å². The Hall–Kier alpha value is -1.03. The van der Waals surface area contributed by atoms with Crippen molar-refractivity contribution in [2.24, 2.45) is 7.05 Å². The van der Waals surface area contributed by atoms with E-state index in [1.807, 2.05) is 18.8 Å². The first-order chi connectivity index (χ1) is 7.03. The fraction of sp³-hybridized carbons (Fsp3) is 0.727. The smallest absolute Gasteiger partial charge is 0.160 e. The number of hydrogen-bond donors (Lipinski definition) is 1. The Kier molecular flexibility index (Phi) is 3.74. The second kappa shape index (κ2) is 4.66. The molecule has 0 aliphatic heterocycles. The molecule has 15 heavy (non-hydrogen) atoms. The van der Waals surface area contributed by atoms with E-state index in [9.17, 15) is 0 Å². The third-order valence-corrected chi connectivity index (χ3v) is 2.77. The average molecular weight is 211 g/mol. The summed E-state index contributed by atoms with van der Waals surface area (Å²) in [4.78, 5) is 0. The zero-order valence-electron chi connectivity index (χ0n) is 10.3. The molecule has 4 heteroatoms. The highest BCUT2D eigenvalue weighted by molar-refractivity contribution is 5.31. The van der Waals surface area contributed by atoms with E-state index in [0.717, 1.165) is 24.4 Å². The quantitative estimate of drug-likeness (QED) is 0.798. The van der Waals surface area contributed by atoms with Gasteiger partial charge in [-0.1, -0.05) is 13.8 Å². The largest absolute Gasteiger partial charge is 0.493 e. The maximum Gasteiger partial charge on any atom is 0.160 e. The number of rotatable bonds is 5. The van der Waals surface area contributed by atoms with E-state index in [1.165, 1.54) is 0 Å². The van der Waals surface area contributed by atoms with Crippen molar-refractivity contribution >= 4 is 0 Å². The maximum atomic E-state index is 5.33. The monoisotopic (exact) mass is 211 g/mol. The molecule has 1 rings (SSSR count). The van der Waals surface area contributed by atoms with Crippen molar-refractivity contribution in [3.63, 3.8) is 0 Å². The minimum absolute atomic E-state index is 0.0691. The summed E-state index contributed by atoms with van der Waals surface area (Å²) in [5.74, 6) is 0.874. The molecular formula is C11H21N3O. The first-order valence-corrected chi connectivity index (χ1v) is 5.24. The first kappa shape index (κ1) is 12.0. The van der Waals surface area contributed by atoms with Gasteiger partial charge in [0.2, 0.25) is 0 Å². The van der Waals surface area contributed by atoms with Crippen LogP contribution in [0.25, 0.3) is 0 Å². The molecule has 0 atom stereocenters. The van der Waals surface area contributed by atoms with Crippen LogP contribution in [-0.4, -0.2) is 30.5 Å². The molecule has 0 aromatic carbocycles. The van der Waals surface area contributed by atoms with Crippen molar-refractivity contribution in [2.75, 3.05) is 20.7 Å². The van der Waals surface area contributed by atoms with E-state index in [-0.39, 0.29) is 5.41 Å². The average Bonchev–Trinajstić information content (AvgIpc) is 2.57. The molecule has 0 unspecified atom stereocenters. The van der Waals surface area contributed by atoms with E-state index in [4.69, 9.17) is 4.74 Å². The van der Waals surface area contributed by atoms with Crippen LogP contribution in [0.5, 0.6) is 5.75 Å². The van der Waals surface area contributed by atoms with Crippen LogP contribution in [0.4, 0.5) is 0 Å². The van der Waals surface area contributed by atoms with Crippen molar-refractivity contribution in [3.8, 4) is 5.75 Å². The van der Waals surface area contributed by atoms with E-state index < -0.39 is 0 Å². The van der Waals surface area contributed by atoms with Gasteiger partial charge in [-0.05, 0) is 20.0 Å². The lowest BCUT2D eigenvalue weighted by atomic mass is 9.85. The summed E-state index contributed by atoms with van der Waals surface area (Å²) in [6.45, 7) is 5.41. The van der Waals surface area contributed by atoms with Gasteiger partial charge in [-0.3, -0.25) is 4.68 Å². The van der Waals surface area contributed by atoms with Gasteiger partial charge in [0.1, 0.15) is 0 Å². The number of nitrogens with zero attached hydrogens (tertiary/aromatic N) is 2. The van der Waals surface area contributed by atoms with Gasteiger partial charge in [0.05, 0.1) is 19.0 Å². The summed E-state index contributed by atoms with van der Waals surface area (Å²) >= 11 is 0. The fourth-order valence-corrected chi connectivity index (χ4v) is 1.89. The third-order valence-electron chi connectivity index (χ3n) is 2.77. The van der Waals surface area contributed by atoms with Crippen LogP contribution in [0.3, 0.4) is 0 Å². The zero-order chi connectivity index (χ0) is 11.5. The third kappa shape index (κ3) is 2.50. The number of hydrogen-bond acceptors (Lipinski definition) is 3. The summed E-state index contributed by atoms with van der Waals surface area (Å²) in [6.07, 6.45) is 2.83. The highest BCUT2D eigenvalue weighted by Crippen LogP contribution is 2.33. The van der Waals surface area contributed by atoms with Crippen molar-refractivity contribution in [2.45, 2.75) is 25.7 Å². The molecule has 1 heterocycles. The van der Waals surface area contributed by atoms with E-state index in [0.29, 0.717) is 0 Å². The van der Waals surface area contributed by atoms with Gasteiger partial charge >= 0.3 is 0 Å². The predicted molar refractivity (Wildman–Crippen MR) is 61.3 cm³/mol. The lowest BCUT2D eigenvalue weighted by Crippen LogP contribution is -2.26.